The number of nitrogen functional groups attached to an aromatic ring is 1. The monoisotopic (exact) mass is 281 g/mol. The number of aromatic nitrogens is 4. The number of imidazole rings is 1. The number of hydrogen-bond donors (Lipinski definition) is 1. The molecule has 2 heterocycles. The predicted molar refractivity (Wildman–Crippen MR) is 79.2 cm³/mol. The summed E-state index contributed by atoms with van der Waals surface area (Å²) in [5.74, 6) is 1.37. The summed E-state index contributed by atoms with van der Waals surface area (Å²) in [6, 6.07) is 8.50. The Morgan fingerprint density at radius 2 is 2.19 bits per heavy atom. The lowest BCUT2D eigenvalue weighted by molar-refractivity contribution is 0.401. The maximum Gasteiger partial charge on any atom is 0.245 e. The summed E-state index contributed by atoms with van der Waals surface area (Å²) in [7, 11) is 1.57. The van der Waals surface area contributed by atoms with Crippen LogP contribution in [-0.4, -0.2) is 26.6 Å². The molecule has 0 saturated heterocycles. The first-order valence-corrected chi connectivity index (χ1v) is 6.86. The molecule has 0 saturated carbocycles. The number of nitrogens with zero attached hydrogens (tertiary/aromatic N) is 4. The zero-order valence-corrected chi connectivity index (χ0v) is 11.7. The molecule has 6 heteroatoms. The van der Waals surface area contributed by atoms with E-state index in [-0.39, 0.29) is 0 Å². The Hall–Kier alpha value is -2.63. The molecule has 106 valence electrons. The van der Waals surface area contributed by atoms with Gasteiger partial charge in [-0.05, 0) is 17.5 Å². The Labute approximate surface area is 121 Å². The van der Waals surface area contributed by atoms with Gasteiger partial charge in [0.25, 0.3) is 0 Å². The highest BCUT2D eigenvalue weighted by Crippen LogP contribution is 2.37. The Kier molecular flexibility index (Phi) is 2.57. The molecule has 3 aromatic rings. The van der Waals surface area contributed by atoms with Crippen molar-refractivity contribution >= 4 is 17.1 Å². The Morgan fingerprint density at radius 3 is 3.00 bits per heavy atom. The second kappa shape index (κ2) is 4.44. The third-order valence-electron chi connectivity index (χ3n) is 4.09. The fourth-order valence-corrected chi connectivity index (χ4v) is 3.01. The van der Waals surface area contributed by atoms with Crippen LogP contribution in [0.2, 0.25) is 0 Å². The van der Waals surface area contributed by atoms with Crippen LogP contribution in [0.4, 0.5) is 5.95 Å². The fraction of sp³-hybridized carbons (Fsp3) is 0.267. The van der Waals surface area contributed by atoms with Crippen molar-refractivity contribution in [3.8, 4) is 5.88 Å². The average Bonchev–Trinajstić information content (AvgIpc) is 2.80. The number of fused-ring (bicyclic) bond motifs is 2. The van der Waals surface area contributed by atoms with Crippen LogP contribution in [0.3, 0.4) is 0 Å². The lowest BCUT2D eigenvalue weighted by Gasteiger charge is -2.30. The number of hydrogen-bond acceptors (Lipinski definition) is 5. The third kappa shape index (κ3) is 1.75. The highest BCUT2D eigenvalue weighted by atomic mass is 16.5. The van der Waals surface area contributed by atoms with E-state index in [0.29, 0.717) is 23.3 Å². The average molecular weight is 281 g/mol. The molecule has 21 heavy (non-hydrogen) atoms. The number of benzene rings is 1. The number of ether oxygens (including phenoxy) is 1. The highest BCUT2D eigenvalue weighted by Gasteiger charge is 2.27. The second-order valence-corrected chi connectivity index (χ2v) is 5.24. The number of anilines is 1. The summed E-state index contributed by atoms with van der Waals surface area (Å²) in [4.78, 5) is 12.7. The van der Waals surface area contributed by atoms with Gasteiger partial charge in [-0.2, -0.15) is 4.98 Å². The van der Waals surface area contributed by atoms with Crippen LogP contribution in [0.1, 0.15) is 17.0 Å². The van der Waals surface area contributed by atoms with Gasteiger partial charge in [0.15, 0.2) is 11.2 Å². The van der Waals surface area contributed by atoms with E-state index in [2.05, 4.69) is 39.2 Å². The summed E-state index contributed by atoms with van der Waals surface area (Å²) in [6.07, 6.45) is 2.55. The lowest BCUT2D eigenvalue weighted by Crippen LogP contribution is -2.22. The van der Waals surface area contributed by atoms with Gasteiger partial charge in [0, 0.05) is 12.5 Å². The van der Waals surface area contributed by atoms with Crippen molar-refractivity contribution in [1.82, 2.24) is 19.5 Å². The molecule has 0 radical (unpaired) electrons. The van der Waals surface area contributed by atoms with Gasteiger partial charge in [-0.1, -0.05) is 24.3 Å². The van der Waals surface area contributed by atoms with Gasteiger partial charge in [-0.25, -0.2) is 9.97 Å². The van der Waals surface area contributed by atoms with Gasteiger partial charge in [0.05, 0.1) is 7.11 Å². The lowest BCUT2D eigenvalue weighted by atomic mass is 9.77. The summed E-state index contributed by atoms with van der Waals surface area (Å²) >= 11 is 0. The molecule has 2 N–H and O–H groups in total. The van der Waals surface area contributed by atoms with E-state index in [1.807, 2.05) is 4.57 Å². The second-order valence-electron chi connectivity index (χ2n) is 5.24. The van der Waals surface area contributed by atoms with Gasteiger partial charge < -0.3 is 10.5 Å². The van der Waals surface area contributed by atoms with E-state index >= 15 is 0 Å². The van der Waals surface area contributed by atoms with Crippen molar-refractivity contribution in [2.45, 2.75) is 18.9 Å². The largest absolute Gasteiger partial charge is 0.479 e. The van der Waals surface area contributed by atoms with Crippen LogP contribution in [-0.2, 0) is 13.0 Å². The molecule has 1 unspecified atom stereocenters. The molecule has 2 aromatic heterocycles. The van der Waals surface area contributed by atoms with E-state index in [1.165, 1.54) is 17.5 Å². The maximum atomic E-state index is 6.05. The molecule has 1 aromatic carbocycles. The van der Waals surface area contributed by atoms with Gasteiger partial charge >= 0.3 is 0 Å². The van der Waals surface area contributed by atoms with Crippen LogP contribution in [0.25, 0.3) is 11.2 Å². The number of nitrogens with two attached hydrogens (primary N) is 1. The minimum atomic E-state index is 0.452. The van der Waals surface area contributed by atoms with Crippen LogP contribution >= 0.6 is 0 Å². The first kappa shape index (κ1) is 12.1. The topological polar surface area (TPSA) is 78.8 Å². The van der Waals surface area contributed by atoms with Crippen LogP contribution < -0.4 is 10.5 Å². The summed E-state index contributed by atoms with van der Waals surface area (Å²) < 4.78 is 7.16. The predicted octanol–water partition coefficient (Wildman–Crippen LogP) is 1.76. The van der Waals surface area contributed by atoms with Crippen molar-refractivity contribution < 1.29 is 4.74 Å². The molecular formula is C15H15N5O. The molecule has 1 atom stereocenters. The first-order chi connectivity index (χ1) is 10.3. The van der Waals surface area contributed by atoms with Crippen LogP contribution in [0.5, 0.6) is 5.88 Å². The van der Waals surface area contributed by atoms with E-state index in [0.717, 1.165) is 18.6 Å². The number of rotatable bonds is 3. The Morgan fingerprint density at radius 1 is 1.33 bits per heavy atom. The molecule has 6 nitrogen and oxygen atoms in total. The quantitative estimate of drug-likeness (QED) is 0.791. The minimum Gasteiger partial charge on any atom is -0.479 e. The first-order valence-electron chi connectivity index (χ1n) is 6.86. The van der Waals surface area contributed by atoms with Crippen molar-refractivity contribution in [3.05, 3.63) is 41.7 Å². The molecule has 1 aliphatic rings. The van der Waals surface area contributed by atoms with E-state index in [4.69, 9.17) is 10.5 Å². The van der Waals surface area contributed by atoms with Crippen LogP contribution in [0.15, 0.2) is 30.6 Å². The van der Waals surface area contributed by atoms with Gasteiger partial charge in [0.1, 0.15) is 6.33 Å². The van der Waals surface area contributed by atoms with Crippen molar-refractivity contribution in [3.63, 3.8) is 0 Å². The molecule has 1 aliphatic carbocycles. The summed E-state index contributed by atoms with van der Waals surface area (Å²) in [5, 5.41) is 0. The van der Waals surface area contributed by atoms with E-state index in [9.17, 15) is 0 Å². The standard InChI is InChI=1S/C15H15N5O/c1-21-14-12-13(17-8-18-14)20(15(16)19-12)7-10-6-9-4-2-3-5-11(9)10/h2-5,8,10H,6-7H2,1H3,(H2,16,19). The van der Waals surface area contributed by atoms with E-state index < -0.39 is 0 Å². The van der Waals surface area contributed by atoms with Crippen molar-refractivity contribution in [1.29, 1.82) is 0 Å². The van der Waals surface area contributed by atoms with E-state index in [1.54, 1.807) is 7.11 Å². The molecule has 4 rings (SSSR count). The summed E-state index contributed by atoms with van der Waals surface area (Å²) in [6.45, 7) is 0.777. The molecule has 0 spiro atoms. The SMILES string of the molecule is COc1ncnc2c1nc(N)n2CC1Cc2ccccc21. The van der Waals surface area contributed by atoms with Crippen LogP contribution in [0, 0.1) is 0 Å². The molecular weight excluding hydrogens is 266 g/mol. The normalized spacial score (nSPS) is 16.5. The van der Waals surface area contributed by atoms with Crippen molar-refractivity contribution in [2.75, 3.05) is 12.8 Å². The minimum absolute atomic E-state index is 0.452. The fourth-order valence-electron chi connectivity index (χ4n) is 3.01. The van der Waals surface area contributed by atoms with Gasteiger partial charge in [-0.3, -0.25) is 4.57 Å². The third-order valence-corrected chi connectivity index (χ3v) is 4.09. The maximum absolute atomic E-state index is 6.05. The van der Waals surface area contributed by atoms with Crippen molar-refractivity contribution in [2.24, 2.45) is 0 Å². The summed E-state index contributed by atoms with van der Waals surface area (Å²) in [5.41, 5.74) is 10.2. The molecule has 0 aliphatic heterocycles. The van der Waals surface area contributed by atoms with Gasteiger partial charge in [-0.15, -0.1) is 0 Å². The smallest absolute Gasteiger partial charge is 0.245 e. The molecule has 0 bridgehead atoms. The Bertz CT molecular complexity index is 826. The Balaban J connectivity index is 1.74. The molecule has 0 fully saturated rings. The zero-order valence-electron chi connectivity index (χ0n) is 11.7. The zero-order chi connectivity index (χ0) is 14.4. The molecule has 0 amide bonds. The van der Waals surface area contributed by atoms with Gasteiger partial charge in [0.2, 0.25) is 11.8 Å². The highest BCUT2D eigenvalue weighted by molar-refractivity contribution is 5.78. The number of methoxy groups -OCH3 is 1.